The Hall–Kier alpha value is -2.80. The lowest BCUT2D eigenvalue weighted by Crippen LogP contribution is -2.32. The van der Waals surface area contributed by atoms with Crippen LogP contribution in [0, 0.1) is 20.8 Å². The standard InChI is InChI=1S/C24H28N4O2S/c1-16-10-11-17(2)22(13-16)28-18(3)25-26-24(28)31-15-23(29)27-12-6-9-21(27)19-7-5-8-20(14-19)30-4/h5,7-8,10-11,13-14,21H,6,9,12,15H2,1-4H3. The summed E-state index contributed by atoms with van der Waals surface area (Å²) in [6, 6.07) is 14.5. The number of hydrogen-bond donors (Lipinski definition) is 0. The minimum Gasteiger partial charge on any atom is -0.497 e. The van der Waals surface area contributed by atoms with E-state index in [-0.39, 0.29) is 11.9 Å². The maximum Gasteiger partial charge on any atom is 0.233 e. The maximum absolute atomic E-state index is 13.1. The lowest BCUT2D eigenvalue weighted by atomic mass is 10.0. The Kier molecular flexibility index (Phi) is 6.32. The fourth-order valence-electron chi connectivity index (χ4n) is 4.14. The Morgan fingerprint density at radius 3 is 2.81 bits per heavy atom. The number of carbonyl (C=O) groups excluding carboxylic acids is 1. The van der Waals surface area contributed by atoms with E-state index in [1.54, 1.807) is 7.11 Å². The number of benzene rings is 2. The zero-order chi connectivity index (χ0) is 22.0. The van der Waals surface area contributed by atoms with Crippen LogP contribution in [0.3, 0.4) is 0 Å². The first kappa shape index (κ1) is 21.4. The van der Waals surface area contributed by atoms with E-state index in [0.29, 0.717) is 5.75 Å². The molecule has 0 N–H and O–H groups in total. The zero-order valence-corrected chi connectivity index (χ0v) is 19.3. The lowest BCUT2D eigenvalue weighted by Gasteiger charge is -2.25. The molecule has 162 valence electrons. The van der Waals surface area contributed by atoms with Gasteiger partial charge in [0.05, 0.1) is 24.6 Å². The number of aromatic nitrogens is 3. The van der Waals surface area contributed by atoms with E-state index >= 15 is 0 Å². The van der Waals surface area contributed by atoms with Gasteiger partial charge in [0.25, 0.3) is 0 Å². The highest BCUT2D eigenvalue weighted by Crippen LogP contribution is 2.34. The second-order valence-corrected chi connectivity index (χ2v) is 8.91. The number of nitrogens with zero attached hydrogens (tertiary/aromatic N) is 4. The fraction of sp³-hybridized carbons (Fsp3) is 0.375. The molecule has 4 rings (SSSR count). The number of rotatable bonds is 6. The van der Waals surface area contributed by atoms with Crippen LogP contribution in [0.5, 0.6) is 5.75 Å². The van der Waals surface area contributed by atoms with Crippen LogP contribution in [-0.4, -0.2) is 45.0 Å². The third-order valence-corrected chi connectivity index (χ3v) is 6.69. The van der Waals surface area contributed by atoms with Gasteiger partial charge in [0.15, 0.2) is 5.16 Å². The average Bonchev–Trinajstić information content (AvgIpc) is 3.41. The molecule has 1 saturated heterocycles. The molecule has 0 saturated carbocycles. The third kappa shape index (κ3) is 4.46. The number of ether oxygens (including phenoxy) is 1. The van der Waals surface area contributed by atoms with Crippen molar-refractivity contribution in [2.75, 3.05) is 19.4 Å². The first-order chi connectivity index (χ1) is 15.0. The van der Waals surface area contributed by atoms with E-state index in [4.69, 9.17) is 4.74 Å². The van der Waals surface area contributed by atoms with Gasteiger partial charge < -0.3 is 9.64 Å². The Balaban J connectivity index is 1.51. The van der Waals surface area contributed by atoms with E-state index < -0.39 is 0 Å². The molecule has 0 radical (unpaired) electrons. The van der Waals surface area contributed by atoms with E-state index in [1.807, 2.05) is 34.6 Å². The van der Waals surface area contributed by atoms with Gasteiger partial charge in [-0.2, -0.15) is 0 Å². The average molecular weight is 437 g/mol. The molecule has 1 aliphatic heterocycles. The molecule has 1 amide bonds. The van der Waals surface area contributed by atoms with Gasteiger partial charge in [0, 0.05) is 6.54 Å². The van der Waals surface area contributed by atoms with E-state index in [0.717, 1.165) is 52.9 Å². The Morgan fingerprint density at radius 1 is 1.16 bits per heavy atom. The van der Waals surface area contributed by atoms with E-state index in [2.05, 4.69) is 48.3 Å². The van der Waals surface area contributed by atoms with Crippen LogP contribution >= 0.6 is 11.8 Å². The zero-order valence-electron chi connectivity index (χ0n) is 18.5. The Morgan fingerprint density at radius 2 is 2.00 bits per heavy atom. The molecule has 2 heterocycles. The summed E-state index contributed by atoms with van der Waals surface area (Å²) in [6.07, 6.45) is 1.98. The maximum atomic E-state index is 13.1. The van der Waals surface area contributed by atoms with Crippen LogP contribution in [-0.2, 0) is 4.79 Å². The minimum absolute atomic E-state index is 0.0989. The molecule has 1 fully saturated rings. The predicted molar refractivity (Wildman–Crippen MR) is 123 cm³/mol. The fourth-order valence-corrected chi connectivity index (χ4v) is 5.02. The van der Waals surface area contributed by atoms with Gasteiger partial charge in [-0.05, 0) is 68.5 Å². The van der Waals surface area contributed by atoms with Crippen molar-refractivity contribution in [3.63, 3.8) is 0 Å². The summed E-state index contributed by atoms with van der Waals surface area (Å²) in [4.78, 5) is 15.1. The summed E-state index contributed by atoms with van der Waals surface area (Å²) in [5.74, 6) is 2.11. The first-order valence-electron chi connectivity index (χ1n) is 10.5. The van der Waals surface area contributed by atoms with Crippen molar-refractivity contribution in [1.29, 1.82) is 0 Å². The van der Waals surface area contributed by atoms with Crippen LogP contribution in [0.1, 0.15) is 41.4 Å². The SMILES string of the molecule is COc1cccc(C2CCCN2C(=O)CSc2nnc(C)n2-c2cc(C)ccc2C)c1. The van der Waals surface area contributed by atoms with Gasteiger partial charge in [-0.15, -0.1) is 10.2 Å². The molecule has 0 aliphatic carbocycles. The monoisotopic (exact) mass is 436 g/mol. The summed E-state index contributed by atoms with van der Waals surface area (Å²) < 4.78 is 7.41. The largest absolute Gasteiger partial charge is 0.497 e. The molecule has 7 heteroatoms. The van der Waals surface area contributed by atoms with E-state index in [9.17, 15) is 4.79 Å². The second kappa shape index (κ2) is 9.14. The predicted octanol–water partition coefficient (Wildman–Crippen LogP) is 4.66. The molecule has 1 unspecified atom stereocenters. The van der Waals surface area contributed by atoms with Crippen LogP contribution in [0.2, 0.25) is 0 Å². The third-order valence-electron chi connectivity index (χ3n) is 5.78. The molecule has 2 aromatic carbocycles. The van der Waals surface area contributed by atoms with Crippen LogP contribution < -0.4 is 4.74 Å². The normalized spacial score (nSPS) is 16.0. The van der Waals surface area contributed by atoms with Gasteiger partial charge in [-0.25, -0.2) is 0 Å². The van der Waals surface area contributed by atoms with Crippen molar-refractivity contribution in [3.05, 3.63) is 65.0 Å². The number of carbonyl (C=O) groups is 1. The molecule has 1 aromatic heterocycles. The van der Waals surface area contributed by atoms with Crippen molar-refractivity contribution < 1.29 is 9.53 Å². The summed E-state index contributed by atoms with van der Waals surface area (Å²) in [6.45, 7) is 6.88. The number of thioether (sulfide) groups is 1. The smallest absolute Gasteiger partial charge is 0.233 e. The molecule has 1 atom stereocenters. The van der Waals surface area contributed by atoms with E-state index in [1.165, 1.54) is 17.3 Å². The molecule has 0 spiro atoms. The summed E-state index contributed by atoms with van der Waals surface area (Å²) in [7, 11) is 1.67. The van der Waals surface area contributed by atoms with Crippen molar-refractivity contribution in [2.45, 2.75) is 44.8 Å². The molecule has 0 bridgehead atoms. The van der Waals surface area contributed by atoms with Gasteiger partial charge in [-0.1, -0.05) is 36.0 Å². The van der Waals surface area contributed by atoms with Gasteiger partial charge in [0.1, 0.15) is 11.6 Å². The van der Waals surface area contributed by atoms with Crippen molar-refractivity contribution >= 4 is 17.7 Å². The molecule has 31 heavy (non-hydrogen) atoms. The van der Waals surface area contributed by atoms with Gasteiger partial charge in [-0.3, -0.25) is 9.36 Å². The number of likely N-dealkylation sites (tertiary alicyclic amines) is 1. The molecular formula is C24H28N4O2S. The quantitative estimate of drug-likeness (QED) is 0.526. The minimum atomic E-state index is 0.0989. The number of hydrogen-bond acceptors (Lipinski definition) is 5. The topological polar surface area (TPSA) is 60.2 Å². The highest BCUT2D eigenvalue weighted by molar-refractivity contribution is 7.99. The molecule has 1 aliphatic rings. The Labute approximate surface area is 187 Å². The van der Waals surface area contributed by atoms with Crippen LogP contribution in [0.25, 0.3) is 5.69 Å². The number of methoxy groups -OCH3 is 1. The molecule has 3 aromatic rings. The summed E-state index contributed by atoms with van der Waals surface area (Å²) >= 11 is 1.45. The number of aryl methyl sites for hydroxylation is 3. The van der Waals surface area contributed by atoms with Crippen LogP contribution in [0.15, 0.2) is 47.6 Å². The van der Waals surface area contributed by atoms with Crippen molar-refractivity contribution in [2.24, 2.45) is 0 Å². The summed E-state index contributed by atoms with van der Waals surface area (Å²) in [5, 5.41) is 9.37. The molecule has 6 nitrogen and oxygen atoms in total. The summed E-state index contributed by atoms with van der Waals surface area (Å²) in [5.41, 5.74) is 4.52. The van der Waals surface area contributed by atoms with Crippen LogP contribution in [0.4, 0.5) is 0 Å². The highest BCUT2D eigenvalue weighted by atomic mass is 32.2. The van der Waals surface area contributed by atoms with Crippen molar-refractivity contribution in [1.82, 2.24) is 19.7 Å². The molecular weight excluding hydrogens is 408 g/mol. The van der Waals surface area contributed by atoms with Gasteiger partial charge in [0.2, 0.25) is 5.91 Å². The highest BCUT2D eigenvalue weighted by Gasteiger charge is 2.30. The first-order valence-corrected chi connectivity index (χ1v) is 11.5. The lowest BCUT2D eigenvalue weighted by molar-refractivity contribution is -0.129. The number of amides is 1. The van der Waals surface area contributed by atoms with Crippen molar-refractivity contribution in [3.8, 4) is 11.4 Å². The van der Waals surface area contributed by atoms with Gasteiger partial charge >= 0.3 is 0 Å². The second-order valence-electron chi connectivity index (χ2n) is 7.97. The Bertz CT molecular complexity index is 1090.